The molecule has 2 aromatic rings. The SMILES string of the molecule is Cc1cc(Oc2ccc(I)cc2[N+](=O)[O-])ccc1C(=O)O. The third-order valence-corrected chi connectivity index (χ3v) is 3.44. The van der Waals surface area contributed by atoms with Crippen LogP contribution in [0.4, 0.5) is 5.69 Å². The lowest BCUT2D eigenvalue weighted by molar-refractivity contribution is -0.385. The molecule has 108 valence electrons. The van der Waals surface area contributed by atoms with Crippen LogP contribution in [0.1, 0.15) is 15.9 Å². The van der Waals surface area contributed by atoms with Crippen molar-refractivity contribution in [3.05, 3.63) is 61.2 Å². The lowest BCUT2D eigenvalue weighted by Gasteiger charge is -2.08. The molecule has 2 aromatic carbocycles. The molecule has 0 aromatic heterocycles. The summed E-state index contributed by atoms with van der Waals surface area (Å²) in [5.41, 5.74) is 0.550. The summed E-state index contributed by atoms with van der Waals surface area (Å²) in [5.74, 6) is -0.566. The maximum atomic E-state index is 11.0. The van der Waals surface area contributed by atoms with Crippen LogP contribution in [0.2, 0.25) is 0 Å². The predicted octanol–water partition coefficient (Wildman–Crippen LogP) is 4.00. The van der Waals surface area contributed by atoms with Gasteiger partial charge in [-0.15, -0.1) is 0 Å². The number of nitro benzene ring substituents is 1. The molecule has 0 spiro atoms. The van der Waals surface area contributed by atoms with E-state index in [0.29, 0.717) is 11.3 Å². The van der Waals surface area contributed by atoms with E-state index in [2.05, 4.69) is 0 Å². The Morgan fingerprint density at radius 1 is 1.29 bits per heavy atom. The summed E-state index contributed by atoms with van der Waals surface area (Å²) >= 11 is 1.98. The smallest absolute Gasteiger partial charge is 0.335 e. The summed E-state index contributed by atoms with van der Waals surface area (Å²) in [6.07, 6.45) is 0. The zero-order valence-corrected chi connectivity index (χ0v) is 13.0. The van der Waals surface area contributed by atoms with E-state index >= 15 is 0 Å². The highest BCUT2D eigenvalue weighted by molar-refractivity contribution is 14.1. The third kappa shape index (κ3) is 3.48. The van der Waals surface area contributed by atoms with Gasteiger partial charge in [0.05, 0.1) is 10.5 Å². The van der Waals surface area contributed by atoms with Crippen molar-refractivity contribution < 1.29 is 19.6 Å². The van der Waals surface area contributed by atoms with Gasteiger partial charge in [-0.2, -0.15) is 0 Å². The molecule has 0 saturated heterocycles. The second-order valence-corrected chi connectivity index (χ2v) is 5.50. The number of aryl methyl sites for hydroxylation is 1. The molecular weight excluding hydrogens is 389 g/mol. The minimum absolute atomic E-state index is 0.114. The summed E-state index contributed by atoms with van der Waals surface area (Å²) in [6, 6.07) is 9.03. The molecule has 0 aliphatic rings. The average molecular weight is 399 g/mol. The monoisotopic (exact) mass is 399 g/mol. The number of nitrogens with zero attached hydrogens (tertiary/aromatic N) is 1. The number of carboxylic acids is 1. The molecule has 0 aliphatic carbocycles. The molecule has 0 bridgehead atoms. The van der Waals surface area contributed by atoms with Crippen LogP contribution in [0.25, 0.3) is 0 Å². The molecule has 6 nitrogen and oxygen atoms in total. The Morgan fingerprint density at radius 3 is 2.57 bits per heavy atom. The van der Waals surface area contributed by atoms with E-state index in [1.54, 1.807) is 13.0 Å². The van der Waals surface area contributed by atoms with E-state index < -0.39 is 10.9 Å². The fourth-order valence-electron chi connectivity index (χ4n) is 1.79. The molecule has 0 aliphatic heterocycles. The number of carbonyl (C=O) groups is 1. The first-order valence-corrected chi connectivity index (χ1v) is 6.92. The van der Waals surface area contributed by atoms with Gasteiger partial charge in [0.25, 0.3) is 0 Å². The van der Waals surface area contributed by atoms with Gasteiger partial charge >= 0.3 is 11.7 Å². The quantitative estimate of drug-likeness (QED) is 0.477. The van der Waals surface area contributed by atoms with Crippen molar-refractivity contribution in [2.24, 2.45) is 0 Å². The topological polar surface area (TPSA) is 89.7 Å². The highest BCUT2D eigenvalue weighted by atomic mass is 127. The molecule has 1 N–H and O–H groups in total. The standard InChI is InChI=1S/C14H10INO5/c1-8-6-10(3-4-11(8)14(17)18)21-13-5-2-9(15)7-12(13)16(19)20/h2-7H,1H3,(H,17,18). The first-order chi connectivity index (χ1) is 9.88. The van der Waals surface area contributed by atoms with Crippen LogP contribution in [0.3, 0.4) is 0 Å². The zero-order valence-electron chi connectivity index (χ0n) is 10.9. The molecule has 7 heteroatoms. The van der Waals surface area contributed by atoms with E-state index in [1.165, 1.54) is 30.3 Å². The van der Waals surface area contributed by atoms with Crippen LogP contribution in [-0.2, 0) is 0 Å². The Labute approximate surface area is 133 Å². The molecule has 21 heavy (non-hydrogen) atoms. The Hall–Kier alpha value is -2.16. The number of hydrogen-bond donors (Lipinski definition) is 1. The van der Waals surface area contributed by atoms with Crippen molar-refractivity contribution in [3.8, 4) is 11.5 Å². The normalized spacial score (nSPS) is 10.2. The summed E-state index contributed by atoms with van der Waals surface area (Å²) < 4.78 is 6.23. The number of rotatable bonds is 4. The number of hydrogen-bond acceptors (Lipinski definition) is 4. The number of nitro groups is 1. The lowest BCUT2D eigenvalue weighted by Crippen LogP contribution is -2.00. The molecule has 0 saturated carbocycles. The minimum atomic E-state index is -1.03. The maximum Gasteiger partial charge on any atom is 0.335 e. The van der Waals surface area contributed by atoms with Gasteiger partial charge in [-0.05, 0) is 65.4 Å². The summed E-state index contributed by atoms with van der Waals surface area (Å²) in [7, 11) is 0. The van der Waals surface area contributed by atoms with Crippen LogP contribution in [0.5, 0.6) is 11.5 Å². The van der Waals surface area contributed by atoms with Gasteiger partial charge in [-0.25, -0.2) is 4.79 Å². The second kappa shape index (κ2) is 6.08. The van der Waals surface area contributed by atoms with Gasteiger partial charge < -0.3 is 9.84 Å². The van der Waals surface area contributed by atoms with Crippen LogP contribution in [0, 0.1) is 20.6 Å². The van der Waals surface area contributed by atoms with Gasteiger partial charge in [0.1, 0.15) is 5.75 Å². The van der Waals surface area contributed by atoms with Crippen molar-refractivity contribution in [1.29, 1.82) is 0 Å². The maximum absolute atomic E-state index is 11.0. The van der Waals surface area contributed by atoms with Crippen LogP contribution >= 0.6 is 22.6 Å². The summed E-state index contributed by atoms with van der Waals surface area (Å²) in [5, 5.41) is 20.0. The Morgan fingerprint density at radius 2 is 2.00 bits per heavy atom. The average Bonchev–Trinajstić information content (AvgIpc) is 2.40. The highest BCUT2D eigenvalue weighted by Gasteiger charge is 2.17. The lowest BCUT2D eigenvalue weighted by atomic mass is 10.1. The van der Waals surface area contributed by atoms with Gasteiger partial charge in [-0.3, -0.25) is 10.1 Å². The van der Waals surface area contributed by atoms with Gasteiger partial charge in [0.2, 0.25) is 5.75 Å². The van der Waals surface area contributed by atoms with E-state index in [-0.39, 0.29) is 17.0 Å². The molecular formula is C14H10INO5. The van der Waals surface area contributed by atoms with Crippen molar-refractivity contribution in [2.75, 3.05) is 0 Å². The van der Waals surface area contributed by atoms with Gasteiger partial charge in [-0.1, -0.05) is 0 Å². The predicted molar refractivity (Wildman–Crippen MR) is 84.0 cm³/mol. The Bertz CT molecular complexity index is 729. The minimum Gasteiger partial charge on any atom is -0.478 e. The highest BCUT2D eigenvalue weighted by Crippen LogP contribution is 2.33. The van der Waals surface area contributed by atoms with Gasteiger partial charge in [0.15, 0.2) is 0 Å². The van der Waals surface area contributed by atoms with E-state index in [4.69, 9.17) is 9.84 Å². The Balaban J connectivity index is 2.37. The van der Waals surface area contributed by atoms with Crippen molar-refractivity contribution in [2.45, 2.75) is 6.92 Å². The molecule has 2 rings (SSSR count). The third-order valence-electron chi connectivity index (χ3n) is 2.77. The first kappa shape index (κ1) is 15.2. The van der Waals surface area contributed by atoms with E-state index in [0.717, 1.165) is 3.57 Å². The fourth-order valence-corrected chi connectivity index (χ4v) is 2.26. The molecule has 0 unspecified atom stereocenters. The van der Waals surface area contributed by atoms with Crippen LogP contribution in [-0.4, -0.2) is 16.0 Å². The fraction of sp³-hybridized carbons (Fsp3) is 0.0714. The molecule has 0 heterocycles. The molecule has 0 amide bonds. The van der Waals surface area contributed by atoms with E-state index in [9.17, 15) is 14.9 Å². The summed E-state index contributed by atoms with van der Waals surface area (Å²) in [6.45, 7) is 1.64. The zero-order chi connectivity index (χ0) is 15.6. The number of aromatic carboxylic acids is 1. The van der Waals surface area contributed by atoms with Crippen LogP contribution < -0.4 is 4.74 Å². The largest absolute Gasteiger partial charge is 0.478 e. The number of carboxylic acid groups (broad SMARTS) is 1. The first-order valence-electron chi connectivity index (χ1n) is 5.84. The molecule has 0 atom stereocenters. The molecule has 0 fully saturated rings. The summed E-state index contributed by atoms with van der Waals surface area (Å²) in [4.78, 5) is 21.4. The Kier molecular flexibility index (Phi) is 4.41. The van der Waals surface area contributed by atoms with Crippen LogP contribution in [0.15, 0.2) is 36.4 Å². The van der Waals surface area contributed by atoms with Crippen molar-refractivity contribution in [1.82, 2.24) is 0 Å². The van der Waals surface area contributed by atoms with Crippen molar-refractivity contribution >= 4 is 34.2 Å². The number of halogens is 1. The van der Waals surface area contributed by atoms with E-state index in [1.807, 2.05) is 22.6 Å². The molecule has 0 radical (unpaired) electrons. The number of benzene rings is 2. The van der Waals surface area contributed by atoms with Gasteiger partial charge in [0, 0.05) is 9.64 Å². The number of ether oxygens (including phenoxy) is 1. The van der Waals surface area contributed by atoms with Crippen molar-refractivity contribution in [3.63, 3.8) is 0 Å². The second-order valence-electron chi connectivity index (χ2n) is 4.25.